The number of alkyl halides is 3. The van der Waals surface area contributed by atoms with Crippen LogP contribution in [0.5, 0.6) is 0 Å². The lowest BCUT2D eigenvalue weighted by molar-refractivity contribution is -0.384. The molecule has 2 heterocycles. The Morgan fingerprint density at radius 1 is 1.44 bits per heavy atom. The van der Waals surface area contributed by atoms with Crippen LogP contribution in [0.3, 0.4) is 0 Å². The molecule has 134 valence electrons. The zero-order valence-corrected chi connectivity index (χ0v) is 13.4. The first-order valence-corrected chi connectivity index (χ1v) is 7.82. The van der Waals surface area contributed by atoms with Gasteiger partial charge in [0, 0.05) is 24.9 Å². The Kier molecular flexibility index (Phi) is 4.36. The average molecular weight is 355 g/mol. The Morgan fingerprint density at radius 3 is 2.84 bits per heavy atom. The fourth-order valence-corrected chi connectivity index (χ4v) is 2.83. The van der Waals surface area contributed by atoms with E-state index in [1.165, 1.54) is 0 Å². The second-order valence-electron chi connectivity index (χ2n) is 5.85. The van der Waals surface area contributed by atoms with Gasteiger partial charge in [-0.15, -0.1) is 0 Å². The van der Waals surface area contributed by atoms with Crippen LogP contribution in [0.25, 0.3) is 0 Å². The highest BCUT2D eigenvalue weighted by atomic mass is 19.4. The van der Waals surface area contributed by atoms with Crippen molar-refractivity contribution in [3.05, 3.63) is 45.5 Å². The fourth-order valence-electron chi connectivity index (χ4n) is 2.83. The van der Waals surface area contributed by atoms with Gasteiger partial charge in [-0.3, -0.25) is 10.1 Å². The second kappa shape index (κ2) is 6.34. The predicted molar refractivity (Wildman–Crippen MR) is 83.2 cm³/mol. The van der Waals surface area contributed by atoms with Gasteiger partial charge < -0.3 is 5.32 Å². The number of rotatable bonds is 4. The van der Waals surface area contributed by atoms with Gasteiger partial charge in [-0.25, -0.2) is 9.67 Å². The molecule has 0 saturated heterocycles. The minimum absolute atomic E-state index is 0.0716. The zero-order valence-electron chi connectivity index (χ0n) is 13.4. The van der Waals surface area contributed by atoms with Crippen LogP contribution in [0.2, 0.25) is 0 Å². The summed E-state index contributed by atoms with van der Waals surface area (Å²) in [5.74, 6) is 1.59. The van der Waals surface area contributed by atoms with Gasteiger partial charge in [0.15, 0.2) is 5.82 Å². The first-order chi connectivity index (χ1) is 11.8. The molecule has 1 aliphatic rings. The molecule has 1 N–H and O–H groups in total. The van der Waals surface area contributed by atoms with E-state index in [1.54, 1.807) is 4.68 Å². The maximum atomic E-state index is 12.8. The van der Waals surface area contributed by atoms with Gasteiger partial charge in [-0.2, -0.15) is 18.3 Å². The molecule has 10 heteroatoms. The van der Waals surface area contributed by atoms with E-state index in [0.717, 1.165) is 23.8 Å². The Labute approximate surface area is 141 Å². The Bertz CT molecular complexity index is 803. The molecule has 0 saturated carbocycles. The van der Waals surface area contributed by atoms with Crippen molar-refractivity contribution in [1.29, 1.82) is 0 Å². The number of nitrogens with zero attached hydrogens (tertiary/aromatic N) is 4. The lowest BCUT2D eigenvalue weighted by atomic mass is 10.1. The van der Waals surface area contributed by atoms with E-state index < -0.39 is 22.4 Å². The van der Waals surface area contributed by atoms with Crippen molar-refractivity contribution in [2.45, 2.75) is 44.9 Å². The van der Waals surface area contributed by atoms with Gasteiger partial charge in [0.1, 0.15) is 11.5 Å². The normalized spacial score (nSPS) is 17.2. The molecule has 0 radical (unpaired) electrons. The Hall–Kier alpha value is -2.65. The third-order valence-corrected chi connectivity index (χ3v) is 4.10. The van der Waals surface area contributed by atoms with Crippen molar-refractivity contribution in [3.8, 4) is 0 Å². The highest BCUT2D eigenvalue weighted by Gasteiger charge is 2.33. The second-order valence-corrected chi connectivity index (χ2v) is 5.85. The van der Waals surface area contributed by atoms with Gasteiger partial charge in [0.25, 0.3) is 5.69 Å². The topological polar surface area (TPSA) is 85.9 Å². The van der Waals surface area contributed by atoms with Gasteiger partial charge in [-0.1, -0.05) is 6.92 Å². The number of benzene rings is 1. The first kappa shape index (κ1) is 17.2. The van der Waals surface area contributed by atoms with E-state index in [0.29, 0.717) is 31.9 Å². The van der Waals surface area contributed by atoms with E-state index in [-0.39, 0.29) is 11.7 Å². The molecule has 0 spiro atoms. The molecule has 0 amide bonds. The van der Waals surface area contributed by atoms with Crippen molar-refractivity contribution in [3.63, 3.8) is 0 Å². The Balaban J connectivity index is 1.82. The van der Waals surface area contributed by atoms with Gasteiger partial charge in [0.05, 0.1) is 17.0 Å². The number of halogens is 3. The largest absolute Gasteiger partial charge is 0.416 e. The third-order valence-electron chi connectivity index (χ3n) is 4.10. The van der Waals surface area contributed by atoms with Gasteiger partial charge in [-0.05, 0) is 18.6 Å². The molecule has 1 aromatic heterocycles. The molecule has 25 heavy (non-hydrogen) atoms. The molecule has 0 bridgehead atoms. The number of nitro groups is 1. The molecule has 1 unspecified atom stereocenters. The molecular weight excluding hydrogens is 339 g/mol. The summed E-state index contributed by atoms with van der Waals surface area (Å²) in [6.07, 6.45) is -2.60. The van der Waals surface area contributed by atoms with Crippen LogP contribution in [0.15, 0.2) is 18.2 Å². The summed E-state index contributed by atoms with van der Waals surface area (Å²) < 4.78 is 40.0. The molecule has 1 aromatic carbocycles. The molecule has 1 aliphatic heterocycles. The highest BCUT2D eigenvalue weighted by Crippen LogP contribution is 2.35. The van der Waals surface area contributed by atoms with Gasteiger partial charge >= 0.3 is 6.18 Å². The number of aryl methyl sites for hydroxylation is 2. The number of nitrogens with one attached hydrogen (secondary N) is 1. The summed E-state index contributed by atoms with van der Waals surface area (Å²) in [6.45, 7) is 2.41. The Morgan fingerprint density at radius 2 is 2.20 bits per heavy atom. The van der Waals surface area contributed by atoms with Crippen LogP contribution in [0.4, 0.5) is 24.5 Å². The molecule has 7 nitrogen and oxygen atoms in total. The minimum Gasteiger partial charge on any atom is -0.375 e. The monoisotopic (exact) mass is 355 g/mol. The van der Waals surface area contributed by atoms with E-state index in [9.17, 15) is 23.3 Å². The molecule has 1 atom stereocenters. The van der Waals surface area contributed by atoms with E-state index in [4.69, 9.17) is 0 Å². The van der Waals surface area contributed by atoms with Crippen molar-refractivity contribution in [1.82, 2.24) is 14.8 Å². The number of fused-ring (bicyclic) bond motifs is 1. The smallest absolute Gasteiger partial charge is 0.375 e. The van der Waals surface area contributed by atoms with Crippen LogP contribution < -0.4 is 5.32 Å². The van der Waals surface area contributed by atoms with Crippen molar-refractivity contribution in [2.24, 2.45) is 0 Å². The van der Waals surface area contributed by atoms with Crippen LogP contribution in [0, 0.1) is 10.1 Å². The highest BCUT2D eigenvalue weighted by molar-refractivity contribution is 5.63. The summed E-state index contributed by atoms with van der Waals surface area (Å²) in [5.41, 5.74) is -1.56. The summed E-state index contributed by atoms with van der Waals surface area (Å²) in [4.78, 5) is 14.7. The van der Waals surface area contributed by atoms with E-state index >= 15 is 0 Å². The van der Waals surface area contributed by atoms with Gasteiger partial charge in [0.2, 0.25) is 0 Å². The first-order valence-electron chi connectivity index (χ1n) is 7.82. The molecule has 0 fully saturated rings. The standard InChI is InChI=1S/C15H16F3N5O2/c1-2-13-20-14-6-4-10(8-22(14)21-13)19-11-5-3-9(15(16,17)18)7-12(11)23(24)25/h3,5,7,10,19H,2,4,6,8H2,1H3. The lowest BCUT2D eigenvalue weighted by Crippen LogP contribution is -2.32. The zero-order chi connectivity index (χ0) is 18.2. The predicted octanol–water partition coefficient (Wildman–Crippen LogP) is 3.19. The summed E-state index contributed by atoms with van der Waals surface area (Å²) in [5, 5.41) is 18.5. The van der Waals surface area contributed by atoms with E-state index in [2.05, 4.69) is 15.4 Å². The number of hydrogen-bond acceptors (Lipinski definition) is 5. The SMILES string of the molecule is CCc1nc2n(n1)CC(Nc1ccc(C(F)(F)F)cc1[N+](=O)[O-])CC2. The van der Waals surface area contributed by atoms with Crippen molar-refractivity contribution < 1.29 is 18.1 Å². The van der Waals surface area contributed by atoms with Crippen LogP contribution >= 0.6 is 0 Å². The number of nitro benzene ring substituents is 1. The van der Waals surface area contributed by atoms with Crippen molar-refractivity contribution >= 4 is 11.4 Å². The summed E-state index contributed by atoms with van der Waals surface area (Å²) in [7, 11) is 0. The number of aromatic nitrogens is 3. The van der Waals surface area contributed by atoms with Crippen molar-refractivity contribution in [2.75, 3.05) is 5.32 Å². The molecular formula is C15H16F3N5O2. The van der Waals surface area contributed by atoms with E-state index in [1.807, 2.05) is 6.92 Å². The minimum atomic E-state index is -4.62. The number of hydrogen-bond donors (Lipinski definition) is 1. The van der Waals surface area contributed by atoms with Crippen LogP contribution in [-0.2, 0) is 25.6 Å². The third kappa shape index (κ3) is 3.57. The average Bonchev–Trinajstić information content (AvgIpc) is 2.96. The maximum absolute atomic E-state index is 12.8. The molecule has 3 rings (SSSR count). The molecule has 2 aromatic rings. The van der Waals surface area contributed by atoms with Crippen LogP contribution in [0.1, 0.15) is 30.6 Å². The lowest BCUT2D eigenvalue weighted by Gasteiger charge is -2.24. The summed E-state index contributed by atoms with van der Waals surface area (Å²) in [6, 6.07) is 2.33. The fraction of sp³-hybridized carbons (Fsp3) is 0.467. The quantitative estimate of drug-likeness (QED) is 0.672. The maximum Gasteiger partial charge on any atom is 0.416 e. The van der Waals surface area contributed by atoms with Crippen LogP contribution in [-0.4, -0.2) is 25.7 Å². The number of anilines is 1. The summed E-state index contributed by atoms with van der Waals surface area (Å²) >= 11 is 0. The molecule has 0 aliphatic carbocycles.